The SMILES string of the molecule is Cc1cccc(C(F)(F)F)c1COc1ccc(-n2cnc(CO)n2)nc1. The first-order valence-corrected chi connectivity index (χ1v) is 7.65. The number of aliphatic hydroxyl groups excluding tert-OH is 1. The van der Waals surface area contributed by atoms with Crippen LogP contribution in [0.15, 0.2) is 42.9 Å². The van der Waals surface area contributed by atoms with Crippen molar-refractivity contribution < 1.29 is 23.0 Å². The van der Waals surface area contributed by atoms with E-state index in [-0.39, 0.29) is 24.6 Å². The molecule has 0 bridgehead atoms. The average molecular weight is 364 g/mol. The minimum absolute atomic E-state index is 0.0907. The van der Waals surface area contributed by atoms with Gasteiger partial charge in [0.15, 0.2) is 11.6 Å². The molecular weight excluding hydrogens is 349 g/mol. The predicted octanol–water partition coefficient (Wildman–Crippen LogP) is 3.06. The van der Waals surface area contributed by atoms with E-state index in [4.69, 9.17) is 9.84 Å². The molecule has 2 aromatic heterocycles. The number of pyridine rings is 1. The number of alkyl halides is 3. The largest absolute Gasteiger partial charge is 0.487 e. The molecule has 136 valence electrons. The monoisotopic (exact) mass is 364 g/mol. The fourth-order valence-corrected chi connectivity index (χ4v) is 2.39. The molecule has 3 aromatic rings. The zero-order valence-electron chi connectivity index (χ0n) is 13.7. The lowest BCUT2D eigenvalue weighted by Gasteiger charge is -2.16. The van der Waals surface area contributed by atoms with Gasteiger partial charge in [-0.1, -0.05) is 12.1 Å². The van der Waals surface area contributed by atoms with Gasteiger partial charge in [-0.3, -0.25) is 0 Å². The van der Waals surface area contributed by atoms with Gasteiger partial charge in [-0.15, -0.1) is 5.10 Å². The molecule has 2 heterocycles. The second-order valence-corrected chi connectivity index (χ2v) is 5.50. The molecule has 0 fully saturated rings. The average Bonchev–Trinajstić information content (AvgIpc) is 3.09. The van der Waals surface area contributed by atoms with Gasteiger partial charge in [-0.2, -0.15) is 13.2 Å². The normalized spacial score (nSPS) is 11.6. The Morgan fingerprint density at radius 2 is 1.96 bits per heavy atom. The van der Waals surface area contributed by atoms with Crippen molar-refractivity contribution >= 4 is 0 Å². The summed E-state index contributed by atoms with van der Waals surface area (Å²) in [7, 11) is 0. The molecule has 0 unspecified atom stereocenters. The Labute approximate surface area is 146 Å². The van der Waals surface area contributed by atoms with Crippen LogP contribution >= 0.6 is 0 Å². The van der Waals surface area contributed by atoms with E-state index in [1.54, 1.807) is 25.1 Å². The molecule has 1 aromatic carbocycles. The molecule has 26 heavy (non-hydrogen) atoms. The molecule has 3 rings (SSSR count). The van der Waals surface area contributed by atoms with Crippen LogP contribution in [0, 0.1) is 6.92 Å². The number of halogens is 3. The maximum Gasteiger partial charge on any atom is 0.416 e. The maximum absolute atomic E-state index is 13.1. The Balaban J connectivity index is 1.75. The first kappa shape index (κ1) is 17.9. The van der Waals surface area contributed by atoms with Gasteiger partial charge >= 0.3 is 6.18 Å². The van der Waals surface area contributed by atoms with Crippen molar-refractivity contribution in [3.8, 4) is 11.6 Å². The molecule has 0 amide bonds. The first-order chi connectivity index (χ1) is 12.4. The Bertz CT molecular complexity index is 892. The van der Waals surface area contributed by atoms with Crippen LogP contribution in [0.5, 0.6) is 5.75 Å². The highest BCUT2D eigenvalue weighted by molar-refractivity contribution is 5.36. The number of aryl methyl sites for hydroxylation is 1. The van der Waals surface area contributed by atoms with Crippen LogP contribution in [0.1, 0.15) is 22.5 Å². The molecule has 0 aliphatic carbocycles. The fourth-order valence-electron chi connectivity index (χ4n) is 2.39. The van der Waals surface area contributed by atoms with E-state index in [1.165, 1.54) is 23.3 Å². The van der Waals surface area contributed by atoms with Gasteiger partial charge in [0.2, 0.25) is 0 Å². The summed E-state index contributed by atoms with van der Waals surface area (Å²) in [4.78, 5) is 8.01. The van der Waals surface area contributed by atoms with Crippen molar-refractivity contribution in [1.82, 2.24) is 19.7 Å². The van der Waals surface area contributed by atoms with Gasteiger partial charge in [0.1, 0.15) is 25.3 Å². The minimum Gasteiger partial charge on any atom is -0.487 e. The third-order valence-electron chi connectivity index (χ3n) is 3.73. The van der Waals surface area contributed by atoms with E-state index >= 15 is 0 Å². The number of nitrogens with zero attached hydrogens (tertiary/aromatic N) is 4. The molecule has 0 saturated heterocycles. The van der Waals surface area contributed by atoms with Gasteiger partial charge in [0.05, 0.1) is 11.8 Å². The number of ether oxygens (including phenoxy) is 1. The zero-order chi connectivity index (χ0) is 18.7. The molecule has 0 spiro atoms. The summed E-state index contributed by atoms with van der Waals surface area (Å²) in [6, 6.07) is 7.19. The fraction of sp³-hybridized carbons (Fsp3) is 0.235. The van der Waals surface area contributed by atoms with Crippen LogP contribution in [-0.2, 0) is 19.4 Å². The lowest BCUT2D eigenvalue weighted by atomic mass is 10.0. The summed E-state index contributed by atoms with van der Waals surface area (Å²) < 4.78 is 46.2. The molecule has 0 radical (unpaired) electrons. The molecular formula is C17H15F3N4O2. The van der Waals surface area contributed by atoms with Gasteiger partial charge in [0, 0.05) is 5.56 Å². The molecule has 0 saturated carbocycles. The number of aromatic nitrogens is 4. The molecule has 0 atom stereocenters. The summed E-state index contributed by atoms with van der Waals surface area (Å²) in [5, 5.41) is 13.0. The lowest BCUT2D eigenvalue weighted by Crippen LogP contribution is -2.12. The van der Waals surface area contributed by atoms with Gasteiger partial charge in [-0.25, -0.2) is 14.6 Å². The third kappa shape index (κ3) is 3.83. The summed E-state index contributed by atoms with van der Waals surface area (Å²) in [5.74, 6) is 1.02. The van der Waals surface area contributed by atoms with E-state index < -0.39 is 11.7 Å². The van der Waals surface area contributed by atoms with Crippen molar-refractivity contribution in [2.75, 3.05) is 0 Å². The lowest BCUT2D eigenvalue weighted by molar-refractivity contribution is -0.138. The molecule has 1 N–H and O–H groups in total. The summed E-state index contributed by atoms with van der Waals surface area (Å²) >= 11 is 0. The van der Waals surface area contributed by atoms with E-state index in [1.807, 2.05) is 0 Å². The number of hydrogen-bond donors (Lipinski definition) is 1. The van der Waals surface area contributed by atoms with Crippen molar-refractivity contribution in [3.63, 3.8) is 0 Å². The second kappa shape index (κ2) is 7.12. The molecule has 9 heteroatoms. The molecule has 0 aliphatic rings. The highest BCUT2D eigenvalue weighted by atomic mass is 19.4. The standard InChI is InChI=1S/C17H15F3N4O2/c1-11-3-2-4-14(17(18,19)20)13(11)9-26-12-5-6-16(21-7-12)24-10-22-15(8-25)23-24/h2-7,10,25H,8-9H2,1H3. The first-order valence-electron chi connectivity index (χ1n) is 7.65. The van der Waals surface area contributed by atoms with Crippen LogP contribution in [-0.4, -0.2) is 24.9 Å². The highest BCUT2D eigenvalue weighted by Gasteiger charge is 2.33. The van der Waals surface area contributed by atoms with E-state index in [2.05, 4.69) is 15.1 Å². The Morgan fingerprint density at radius 3 is 2.58 bits per heavy atom. The number of aliphatic hydroxyl groups is 1. The third-order valence-corrected chi connectivity index (χ3v) is 3.73. The molecule has 6 nitrogen and oxygen atoms in total. The van der Waals surface area contributed by atoms with Gasteiger partial charge < -0.3 is 9.84 Å². The van der Waals surface area contributed by atoms with Crippen molar-refractivity contribution in [1.29, 1.82) is 0 Å². The summed E-state index contributed by atoms with van der Waals surface area (Å²) in [6.07, 6.45) is -1.65. The van der Waals surface area contributed by atoms with E-state index in [0.29, 0.717) is 17.1 Å². The smallest absolute Gasteiger partial charge is 0.416 e. The maximum atomic E-state index is 13.1. The molecule has 0 aliphatic heterocycles. The Kier molecular flexibility index (Phi) is 4.90. The van der Waals surface area contributed by atoms with Crippen molar-refractivity contribution in [2.45, 2.75) is 26.3 Å². The summed E-state index contributed by atoms with van der Waals surface area (Å²) in [6.45, 7) is 1.10. The van der Waals surface area contributed by atoms with Crippen molar-refractivity contribution in [2.24, 2.45) is 0 Å². The Morgan fingerprint density at radius 1 is 1.15 bits per heavy atom. The number of rotatable bonds is 5. The highest BCUT2D eigenvalue weighted by Crippen LogP contribution is 2.33. The van der Waals surface area contributed by atoms with Crippen LogP contribution in [0.2, 0.25) is 0 Å². The van der Waals surface area contributed by atoms with Crippen LogP contribution in [0.3, 0.4) is 0 Å². The Hall–Kier alpha value is -2.94. The van der Waals surface area contributed by atoms with Gasteiger partial charge in [-0.05, 0) is 30.7 Å². The van der Waals surface area contributed by atoms with Crippen LogP contribution < -0.4 is 4.74 Å². The van der Waals surface area contributed by atoms with Crippen LogP contribution in [0.4, 0.5) is 13.2 Å². The van der Waals surface area contributed by atoms with E-state index in [0.717, 1.165) is 6.07 Å². The van der Waals surface area contributed by atoms with Gasteiger partial charge in [0.25, 0.3) is 0 Å². The van der Waals surface area contributed by atoms with Crippen LogP contribution in [0.25, 0.3) is 5.82 Å². The quantitative estimate of drug-likeness (QED) is 0.753. The summed E-state index contributed by atoms with van der Waals surface area (Å²) in [5.41, 5.74) is -0.113. The number of hydrogen-bond acceptors (Lipinski definition) is 5. The minimum atomic E-state index is -4.44. The predicted molar refractivity (Wildman–Crippen MR) is 85.6 cm³/mol. The second-order valence-electron chi connectivity index (χ2n) is 5.50. The zero-order valence-corrected chi connectivity index (χ0v) is 13.7. The number of benzene rings is 1. The topological polar surface area (TPSA) is 73.1 Å². The van der Waals surface area contributed by atoms with Crippen molar-refractivity contribution in [3.05, 3.63) is 65.4 Å². The van der Waals surface area contributed by atoms with E-state index in [9.17, 15) is 13.2 Å².